The summed E-state index contributed by atoms with van der Waals surface area (Å²) in [5.74, 6) is 0.192. The van der Waals surface area contributed by atoms with Crippen molar-refractivity contribution in [1.29, 1.82) is 0 Å². The Balaban J connectivity index is 1.40. The zero-order chi connectivity index (χ0) is 38.1. The number of halogens is 2. The van der Waals surface area contributed by atoms with Crippen molar-refractivity contribution >= 4 is 46.0 Å². The molecule has 0 fully saturated rings. The van der Waals surface area contributed by atoms with Gasteiger partial charge in [0.2, 0.25) is 5.88 Å². The molecular formula is C41H47Cl2N5O5. The minimum atomic E-state index is -1.08. The summed E-state index contributed by atoms with van der Waals surface area (Å²) >= 11 is 13.4. The molecule has 1 N–H and O–H groups in total. The first kappa shape index (κ1) is 38.2. The lowest BCUT2D eigenvalue weighted by Gasteiger charge is -2.21. The number of amides is 1. The molecule has 0 spiro atoms. The third kappa shape index (κ3) is 7.89. The maximum atomic E-state index is 14.9. The molecule has 5 aromatic rings. The Labute approximate surface area is 320 Å². The van der Waals surface area contributed by atoms with Crippen molar-refractivity contribution in [3.63, 3.8) is 0 Å². The molecule has 1 aliphatic rings. The van der Waals surface area contributed by atoms with E-state index in [9.17, 15) is 14.7 Å². The Morgan fingerprint density at radius 1 is 0.981 bits per heavy atom. The number of rotatable bonds is 13. The molecule has 0 saturated carbocycles. The van der Waals surface area contributed by atoms with E-state index in [4.69, 9.17) is 37.8 Å². The second kappa shape index (κ2) is 15.8. The fraction of sp³-hybridized carbons (Fsp3) is 0.415. The second-order valence-corrected chi connectivity index (χ2v) is 15.2. The quantitative estimate of drug-likeness (QED) is 0.119. The van der Waals surface area contributed by atoms with Gasteiger partial charge in [0.25, 0.3) is 5.91 Å². The highest BCUT2D eigenvalue weighted by molar-refractivity contribution is 6.35. The lowest BCUT2D eigenvalue weighted by atomic mass is 9.98. The third-order valence-corrected chi connectivity index (χ3v) is 10.9. The van der Waals surface area contributed by atoms with Gasteiger partial charge in [-0.3, -0.25) is 9.48 Å². The predicted octanol–water partition coefficient (Wildman–Crippen LogP) is 9.16. The SMILES string of the molecule is Cc1cc(OCCCc2c3n(c4c(-c5c(C)nn(C)c5C)c(Cl)ccc24)CCCN(Cc2cc(C(=O)O)cc(OCCC(C)C)n2)C3=O)cc(C)c1Cl. The predicted molar refractivity (Wildman–Crippen MR) is 209 cm³/mol. The van der Waals surface area contributed by atoms with Crippen molar-refractivity contribution in [3.8, 4) is 22.8 Å². The topological polar surface area (TPSA) is 112 Å². The number of carbonyl (C=O) groups is 2. The van der Waals surface area contributed by atoms with Crippen molar-refractivity contribution < 1.29 is 24.2 Å². The van der Waals surface area contributed by atoms with Crippen LogP contribution in [0, 0.1) is 33.6 Å². The monoisotopic (exact) mass is 759 g/mol. The molecule has 2 aromatic carbocycles. The Hall–Kier alpha value is -4.54. The number of benzene rings is 2. The van der Waals surface area contributed by atoms with Crippen molar-refractivity contribution in [2.75, 3.05) is 19.8 Å². The Morgan fingerprint density at radius 2 is 1.72 bits per heavy atom. The van der Waals surface area contributed by atoms with Gasteiger partial charge in [0.1, 0.15) is 11.4 Å². The van der Waals surface area contributed by atoms with Gasteiger partial charge in [0.15, 0.2) is 0 Å². The van der Waals surface area contributed by atoms with Crippen molar-refractivity contribution in [2.45, 2.75) is 80.3 Å². The van der Waals surface area contributed by atoms with Crippen LogP contribution in [-0.4, -0.2) is 61.0 Å². The number of ether oxygens (including phenoxy) is 2. The molecule has 280 valence electrons. The molecule has 0 bridgehead atoms. The zero-order valence-corrected chi connectivity index (χ0v) is 33.0. The average Bonchev–Trinajstić information content (AvgIpc) is 3.48. The van der Waals surface area contributed by atoms with Crippen LogP contribution < -0.4 is 9.47 Å². The maximum absolute atomic E-state index is 14.9. The van der Waals surface area contributed by atoms with Gasteiger partial charge >= 0.3 is 5.97 Å². The number of aryl methyl sites for hydroxylation is 6. The van der Waals surface area contributed by atoms with Crippen LogP contribution in [-0.2, 0) is 26.6 Å². The smallest absolute Gasteiger partial charge is 0.335 e. The summed E-state index contributed by atoms with van der Waals surface area (Å²) in [5.41, 5.74) is 8.53. The number of hydrogen-bond acceptors (Lipinski definition) is 6. The van der Waals surface area contributed by atoms with Crippen LogP contribution in [0.15, 0.2) is 36.4 Å². The minimum absolute atomic E-state index is 0.0687. The van der Waals surface area contributed by atoms with Gasteiger partial charge in [-0.25, -0.2) is 9.78 Å². The number of aromatic carboxylic acids is 1. The van der Waals surface area contributed by atoms with Gasteiger partial charge in [-0.15, -0.1) is 0 Å². The van der Waals surface area contributed by atoms with Crippen LogP contribution in [0.25, 0.3) is 22.0 Å². The number of carbonyl (C=O) groups excluding carboxylic acids is 1. The van der Waals surface area contributed by atoms with Crippen molar-refractivity contribution in [2.24, 2.45) is 13.0 Å². The Bertz CT molecular complexity index is 2180. The molecule has 0 aliphatic carbocycles. The largest absolute Gasteiger partial charge is 0.494 e. The van der Waals surface area contributed by atoms with Gasteiger partial charge in [-0.05, 0) is 100 Å². The fourth-order valence-electron chi connectivity index (χ4n) is 7.27. The van der Waals surface area contributed by atoms with Crippen LogP contribution in [0.4, 0.5) is 0 Å². The highest BCUT2D eigenvalue weighted by Gasteiger charge is 2.32. The fourth-order valence-corrected chi connectivity index (χ4v) is 7.63. The van der Waals surface area contributed by atoms with Crippen LogP contribution in [0.2, 0.25) is 10.0 Å². The van der Waals surface area contributed by atoms with Gasteiger partial charge in [-0.1, -0.05) is 43.1 Å². The van der Waals surface area contributed by atoms with E-state index < -0.39 is 5.97 Å². The summed E-state index contributed by atoms with van der Waals surface area (Å²) < 4.78 is 16.1. The molecule has 1 aliphatic heterocycles. The Morgan fingerprint density at radius 3 is 2.38 bits per heavy atom. The number of aromatic nitrogens is 4. The molecular weight excluding hydrogens is 713 g/mol. The lowest BCUT2D eigenvalue weighted by Crippen LogP contribution is -2.31. The highest BCUT2D eigenvalue weighted by atomic mass is 35.5. The van der Waals surface area contributed by atoms with Crippen molar-refractivity contribution in [1.82, 2.24) is 24.2 Å². The maximum Gasteiger partial charge on any atom is 0.335 e. The number of carboxylic acids is 1. The number of nitrogens with zero attached hydrogens (tertiary/aromatic N) is 5. The van der Waals surface area contributed by atoms with Crippen LogP contribution in [0.1, 0.15) is 87.7 Å². The van der Waals surface area contributed by atoms with Crippen molar-refractivity contribution in [3.05, 3.63) is 91.5 Å². The first-order chi connectivity index (χ1) is 25.2. The number of carboxylic acid groups (broad SMARTS) is 1. The van der Waals surface area contributed by atoms with E-state index in [0.29, 0.717) is 67.9 Å². The van der Waals surface area contributed by atoms with E-state index in [2.05, 4.69) is 23.4 Å². The van der Waals surface area contributed by atoms with E-state index in [-0.39, 0.29) is 23.9 Å². The molecule has 6 rings (SSSR count). The Kier molecular flexibility index (Phi) is 11.4. The summed E-state index contributed by atoms with van der Waals surface area (Å²) in [6.07, 6.45) is 2.72. The summed E-state index contributed by atoms with van der Waals surface area (Å²) in [5, 5.41) is 16.9. The lowest BCUT2D eigenvalue weighted by molar-refractivity contribution is 0.0695. The van der Waals surface area contributed by atoms with Gasteiger partial charge in [0.05, 0.1) is 47.2 Å². The van der Waals surface area contributed by atoms with Crippen LogP contribution in [0.3, 0.4) is 0 Å². The van der Waals surface area contributed by atoms with Gasteiger partial charge < -0.3 is 24.0 Å². The van der Waals surface area contributed by atoms with Gasteiger partial charge in [0, 0.05) is 53.4 Å². The van der Waals surface area contributed by atoms with Crippen LogP contribution >= 0.6 is 23.2 Å². The van der Waals surface area contributed by atoms with Crippen LogP contribution in [0.5, 0.6) is 11.6 Å². The minimum Gasteiger partial charge on any atom is -0.494 e. The molecule has 0 radical (unpaired) electrons. The normalized spacial score (nSPS) is 13.2. The van der Waals surface area contributed by atoms with Gasteiger partial charge in [-0.2, -0.15) is 5.10 Å². The van der Waals surface area contributed by atoms with E-state index >= 15 is 0 Å². The van der Waals surface area contributed by atoms with E-state index in [1.807, 2.05) is 63.7 Å². The van der Waals surface area contributed by atoms with E-state index in [1.54, 1.807) is 4.90 Å². The molecule has 4 heterocycles. The number of fused-ring (bicyclic) bond motifs is 3. The summed E-state index contributed by atoms with van der Waals surface area (Å²) in [7, 11) is 1.92. The third-order valence-electron chi connectivity index (χ3n) is 9.99. The molecule has 1 amide bonds. The summed E-state index contributed by atoms with van der Waals surface area (Å²) in [6, 6.07) is 10.8. The second-order valence-electron chi connectivity index (χ2n) is 14.4. The molecule has 0 atom stereocenters. The summed E-state index contributed by atoms with van der Waals surface area (Å²) in [4.78, 5) is 33.4. The molecule has 3 aromatic heterocycles. The first-order valence-corrected chi connectivity index (χ1v) is 18.9. The zero-order valence-electron chi connectivity index (χ0n) is 31.5. The molecule has 53 heavy (non-hydrogen) atoms. The average molecular weight is 761 g/mol. The number of pyridine rings is 1. The molecule has 0 saturated heterocycles. The first-order valence-electron chi connectivity index (χ1n) is 18.1. The molecule has 10 nitrogen and oxygen atoms in total. The summed E-state index contributed by atoms with van der Waals surface area (Å²) in [6.45, 7) is 14.2. The van der Waals surface area contributed by atoms with E-state index in [0.717, 1.165) is 67.3 Å². The standard InChI is InChI=1S/C41H47Cl2N5O5/c1-23(2)13-17-53-34-21-28(41(50)51)20-29(44-34)22-47-14-9-15-48-38-32(11-12-33(42)36(38)35-26(5)45-46(7)27(35)6)31(39(48)40(47)49)10-8-16-52-30-18-24(3)37(43)25(4)19-30/h11-12,18-21,23H,8-10,13-17,22H2,1-7H3,(H,50,51). The molecule has 0 unspecified atom stereocenters. The van der Waals surface area contributed by atoms with E-state index in [1.165, 1.54) is 12.1 Å². The molecule has 12 heteroatoms. The highest BCUT2D eigenvalue weighted by Crippen LogP contribution is 2.43. The number of hydrogen-bond donors (Lipinski definition) is 1.